The molecule has 1 aliphatic heterocycles. The zero-order chi connectivity index (χ0) is 20.1. The molecule has 0 spiro atoms. The average Bonchev–Trinajstić information content (AvgIpc) is 2.76. The lowest BCUT2D eigenvalue weighted by molar-refractivity contribution is 0.461. The molecular formula is C25H28N4. The van der Waals surface area contributed by atoms with Crippen LogP contribution < -0.4 is 10.6 Å². The van der Waals surface area contributed by atoms with Gasteiger partial charge in [0.1, 0.15) is 0 Å². The van der Waals surface area contributed by atoms with Gasteiger partial charge in [-0.3, -0.25) is 9.98 Å². The Morgan fingerprint density at radius 2 is 1.86 bits per heavy atom. The second-order valence-electron chi connectivity index (χ2n) is 7.70. The number of nitrogens with one attached hydrogen (secondary N) is 2. The third kappa shape index (κ3) is 4.72. The van der Waals surface area contributed by atoms with Gasteiger partial charge in [0.25, 0.3) is 0 Å². The first-order chi connectivity index (χ1) is 14.2. The highest BCUT2D eigenvalue weighted by molar-refractivity contribution is 5.84. The van der Waals surface area contributed by atoms with Crippen molar-refractivity contribution in [2.45, 2.75) is 32.7 Å². The summed E-state index contributed by atoms with van der Waals surface area (Å²) in [5, 5.41) is 6.74. The highest BCUT2D eigenvalue weighted by Crippen LogP contribution is 2.32. The van der Waals surface area contributed by atoms with Crippen LogP contribution in [-0.2, 0) is 0 Å². The van der Waals surface area contributed by atoms with Crippen molar-refractivity contribution in [3.8, 4) is 22.4 Å². The molecule has 0 amide bonds. The van der Waals surface area contributed by atoms with E-state index in [9.17, 15) is 0 Å². The molecule has 2 N–H and O–H groups in total. The van der Waals surface area contributed by atoms with Crippen LogP contribution in [0.1, 0.15) is 24.0 Å². The predicted octanol–water partition coefficient (Wildman–Crippen LogP) is 5.22. The first-order valence-corrected chi connectivity index (χ1v) is 10.3. The molecule has 29 heavy (non-hydrogen) atoms. The summed E-state index contributed by atoms with van der Waals surface area (Å²) in [5.41, 5.74) is 8.01. The Bertz CT molecular complexity index is 1000. The van der Waals surface area contributed by atoms with Crippen LogP contribution in [0.2, 0.25) is 0 Å². The Hall–Kier alpha value is -2.98. The quantitative estimate of drug-likeness (QED) is 0.468. The van der Waals surface area contributed by atoms with E-state index in [0.717, 1.165) is 48.4 Å². The van der Waals surface area contributed by atoms with Crippen LogP contribution in [0, 0.1) is 13.8 Å². The maximum Gasteiger partial charge on any atom is 0.0871 e. The molecule has 0 saturated carbocycles. The third-order valence-electron chi connectivity index (χ3n) is 5.45. The minimum atomic E-state index is 0.426. The number of hydrogen-bond donors (Lipinski definition) is 2. The molecule has 4 nitrogen and oxygen atoms in total. The molecule has 0 radical (unpaired) electrons. The molecule has 2 aromatic carbocycles. The van der Waals surface area contributed by atoms with Gasteiger partial charge in [-0.2, -0.15) is 0 Å². The number of aliphatic imine (C=N–C) groups is 1. The molecular weight excluding hydrogens is 356 g/mol. The van der Waals surface area contributed by atoms with E-state index in [2.05, 4.69) is 83.0 Å². The summed E-state index contributed by atoms with van der Waals surface area (Å²) in [6.07, 6.45) is 5.94. The second-order valence-corrected chi connectivity index (χ2v) is 7.70. The topological polar surface area (TPSA) is 49.3 Å². The van der Waals surface area contributed by atoms with E-state index in [4.69, 9.17) is 0 Å². The molecule has 148 valence electrons. The summed E-state index contributed by atoms with van der Waals surface area (Å²) in [5.74, 6) is 0. The molecule has 0 aliphatic carbocycles. The molecule has 1 fully saturated rings. The number of aryl methyl sites for hydroxylation is 2. The van der Waals surface area contributed by atoms with Crippen LogP contribution in [0.5, 0.6) is 0 Å². The van der Waals surface area contributed by atoms with Crippen molar-refractivity contribution in [3.63, 3.8) is 0 Å². The van der Waals surface area contributed by atoms with Crippen LogP contribution in [0.3, 0.4) is 0 Å². The normalized spacial score (nSPS) is 15.0. The lowest BCUT2D eigenvalue weighted by Crippen LogP contribution is -2.30. The number of anilines is 1. The standard InChI is InChI=1S/C25H28N4/c1-18-5-3-6-21(15-18)25-23(7-4-12-27-25)20-8-9-24(19(2)16-20)29-17-28-22-10-13-26-14-11-22/h3-9,12,15-17,22,26H,10-11,13-14H2,1-2H3,(H,28,29). The van der Waals surface area contributed by atoms with Gasteiger partial charge in [-0.1, -0.05) is 35.9 Å². The van der Waals surface area contributed by atoms with Gasteiger partial charge in [0, 0.05) is 23.0 Å². The van der Waals surface area contributed by atoms with Crippen molar-refractivity contribution in [1.29, 1.82) is 0 Å². The Morgan fingerprint density at radius 3 is 2.66 bits per heavy atom. The maximum absolute atomic E-state index is 4.68. The predicted molar refractivity (Wildman–Crippen MR) is 123 cm³/mol. The van der Waals surface area contributed by atoms with Gasteiger partial charge in [-0.25, -0.2) is 0 Å². The lowest BCUT2D eigenvalue weighted by atomic mass is 9.97. The van der Waals surface area contributed by atoms with E-state index < -0.39 is 0 Å². The Morgan fingerprint density at radius 1 is 1.00 bits per heavy atom. The monoisotopic (exact) mass is 384 g/mol. The van der Waals surface area contributed by atoms with E-state index in [1.807, 2.05) is 18.6 Å². The van der Waals surface area contributed by atoms with Crippen LogP contribution in [-0.4, -0.2) is 30.5 Å². The van der Waals surface area contributed by atoms with Crippen LogP contribution in [0.15, 0.2) is 65.8 Å². The van der Waals surface area contributed by atoms with Crippen molar-refractivity contribution in [3.05, 3.63) is 71.9 Å². The fourth-order valence-electron chi connectivity index (χ4n) is 3.82. The van der Waals surface area contributed by atoms with Crippen molar-refractivity contribution in [1.82, 2.24) is 10.3 Å². The molecule has 0 unspecified atom stereocenters. The molecule has 0 bridgehead atoms. The van der Waals surface area contributed by atoms with E-state index >= 15 is 0 Å². The van der Waals surface area contributed by atoms with E-state index in [1.54, 1.807) is 0 Å². The molecule has 4 rings (SSSR count). The third-order valence-corrected chi connectivity index (χ3v) is 5.45. The van der Waals surface area contributed by atoms with Crippen LogP contribution in [0.4, 0.5) is 5.69 Å². The minimum absolute atomic E-state index is 0.426. The highest BCUT2D eigenvalue weighted by atomic mass is 15.0. The number of pyridine rings is 1. The van der Waals surface area contributed by atoms with Gasteiger partial charge in [-0.05, 0) is 75.2 Å². The number of nitrogens with zero attached hydrogens (tertiary/aromatic N) is 2. The van der Waals surface area contributed by atoms with Crippen molar-refractivity contribution >= 4 is 12.0 Å². The first-order valence-electron chi connectivity index (χ1n) is 10.3. The number of aromatic nitrogens is 1. The highest BCUT2D eigenvalue weighted by Gasteiger charge is 2.11. The van der Waals surface area contributed by atoms with Gasteiger partial charge in [0.2, 0.25) is 0 Å². The fourth-order valence-corrected chi connectivity index (χ4v) is 3.82. The molecule has 0 atom stereocenters. The molecule has 2 heterocycles. The van der Waals surface area contributed by atoms with Crippen LogP contribution in [0.25, 0.3) is 22.4 Å². The Labute approximate surface area is 173 Å². The fraction of sp³-hybridized carbons (Fsp3) is 0.280. The van der Waals surface area contributed by atoms with Gasteiger partial charge in [0.15, 0.2) is 0 Å². The van der Waals surface area contributed by atoms with Gasteiger partial charge < -0.3 is 10.6 Å². The Balaban J connectivity index is 1.56. The minimum Gasteiger partial charge on any atom is -0.347 e. The zero-order valence-corrected chi connectivity index (χ0v) is 17.2. The maximum atomic E-state index is 4.68. The van der Waals surface area contributed by atoms with Crippen LogP contribution >= 0.6 is 0 Å². The average molecular weight is 385 g/mol. The smallest absolute Gasteiger partial charge is 0.0871 e. The largest absolute Gasteiger partial charge is 0.347 e. The number of benzene rings is 2. The summed E-state index contributed by atoms with van der Waals surface area (Å²) in [6, 6.07) is 19.6. The van der Waals surface area contributed by atoms with Crippen molar-refractivity contribution in [2.24, 2.45) is 4.99 Å². The van der Waals surface area contributed by atoms with E-state index in [1.165, 1.54) is 16.7 Å². The number of piperidine rings is 1. The molecule has 4 heteroatoms. The van der Waals surface area contributed by atoms with Gasteiger partial charge >= 0.3 is 0 Å². The van der Waals surface area contributed by atoms with E-state index in [-0.39, 0.29) is 0 Å². The molecule has 1 aliphatic rings. The summed E-state index contributed by atoms with van der Waals surface area (Å²) < 4.78 is 0. The lowest BCUT2D eigenvalue weighted by Gasteiger charge is -2.18. The summed E-state index contributed by atoms with van der Waals surface area (Å²) in [6.45, 7) is 6.36. The SMILES string of the molecule is Cc1cccc(-c2ncccc2-c2ccc(NC=NC3CCNCC3)c(C)c2)c1. The van der Waals surface area contributed by atoms with E-state index in [0.29, 0.717) is 6.04 Å². The summed E-state index contributed by atoms with van der Waals surface area (Å²) in [7, 11) is 0. The van der Waals surface area contributed by atoms with Gasteiger partial charge in [-0.15, -0.1) is 0 Å². The number of hydrogen-bond acceptors (Lipinski definition) is 3. The molecule has 1 saturated heterocycles. The first kappa shape index (κ1) is 19.3. The zero-order valence-electron chi connectivity index (χ0n) is 17.2. The second kappa shape index (κ2) is 9.01. The summed E-state index contributed by atoms with van der Waals surface area (Å²) >= 11 is 0. The van der Waals surface area contributed by atoms with Gasteiger partial charge in [0.05, 0.1) is 18.1 Å². The number of rotatable bonds is 5. The molecule has 1 aromatic heterocycles. The van der Waals surface area contributed by atoms with Crippen molar-refractivity contribution in [2.75, 3.05) is 18.4 Å². The van der Waals surface area contributed by atoms with Crippen molar-refractivity contribution < 1.29 is 0 Å². The summed E-state index contributed by atoms with van der Waals surface area (Å²) in [4.78, 5) is 9.35. The Kier molecular flexibility index (Phi) is 6.01. The molecule has 3 aromatic rings.